The minimum absolute atomic E-state index is 0.0491. The van der Waals surface area contributed by atoms with Crippen LogP contribution in [0.5, 0.6) is 5.75 Å². The SMILES string of the molecule is Cc1ccc(OCCCn2cnc3sc(C)c(C)c3c2=O)cc1C. The molecule has 0 atom stereocenters. The third-order valence-electron chi connectivity index (χ3n) is 4.45. The Hall–Kier alpha value is -2.14. The first-order valence-electron chi connectivity index (χ1n) is 8.12. The van der Waals surface area contributed by atoms with Crippen LogP contribution < -0.4 is 10.3 Å². The number of fused-ring (bicyclic) bond motifs is 1. The molecule has 0 bridgehead atoms. The average Bonchev–Trinajstić information content (AvgIpc) is 2.84. The number of nitrogens with zero attached hydrogens (tertiary/aromatic N) is 2. The molecule has 0 radical (unpaired) electrons. The molecular formula is C19H22N2O2S. The molecule has 5 heteroatoms. The normalized spacial score (nSPS) is 11.2. The number of hydrogen-bond acceptors (Lipinski definition) is 4. The summed E-state index contributed by atoms with van der Waals surface area (Å²) in [6, 6.07) is 6.10. The van der Waals surface area contributed by atoms with Crippen LogP contribution in [-0.2, 0) is 6.54 Å². The van der Waals surface area contributed by atoms with Gasteiger partial charge in [0.15, 0.2) is 0 Å². The number of benzene rings is 1. The van der Waals surface area contributed by atoms with Crippen molar-refractivity contribution in [1.29, 1.82) is 0 Å². The summed E-state index contributed by atoms with van der Waals surface area (Å²) in [6.45, 7) is 9.37. The molecule has 0 amide bonds. The molecule has 0 aliphatic heterocycles. The van der Waals surface area contributed by atoms with E-state index in [1.165, 1.54) is 11.1 Å². The van der Waals surface area contributed by atoms with Crippen LogP contribution in [0.3, 0.4) is 0 Å². The van der Waals surface area contributed by atoms with Crippen LogP contribution in [-0.4, -0.2) is 16.2 Å². The van der Waals surface area contributed by atoms with Crippen molar-refractivity contribution < 1.29 is 4.74 Å². The van der Waals surface area contributed by atoms with Crippen LogP contribution in [0.15, 0.2) is 29.3 Å². The summed E-state index contributed by atoms with van der Waals surface area (Å²) in [7, 11) is 0. The zero-order chi connectivity index (χ0) is 17.3. The number of thiophene rings is 1. The minimum Gasteiger partial charge on any atom is -0.494 e. The molecule has 0 N–H and O–H groups in total. The van der Waals surface area contributed by atoms with Gasteiger partial charge in [0.1, 0.15) is 10.6 Å². The molecule has 1 aromatic carbocycles. The summed E-state index contributed by atoms with van der Waals surface area (Å²) in [5.41, 5.74) is 3.58. The van der Waals surface area contributed by atoms with Gasteiger partial charge in [-0.1, -0.05) is 6.07 Å². The Bertz CT molecular complexity index is 940. The van der Waals surface area contributed by atoms with E-state index in [2.05, 4.69) is 24.9 Å². The number of rotatable bonds is 5. The Morgan fingerprint density at radius 1 is 1.17 bits per heavy atom. The Kier molecular flexibility index (Phi) is 4.71. The first kappa shape index (κ1) is 16.7. The molecule has 24 heavy (non-hydrogen) atoms. The first-order chi connectivity index (χ1) is 11.5. The molecule has 2 heterocycles. The second-order valence-corrected chi connectivity index (χ2v) is 7.36. The number of aryl methyl sites for hydroxylation is 5. The molecule has 0 spiro atoms. The Labute approximate surface area is 145 Å². The number of hydrogen-bond donors (Lipinski definition) is 0. The van der Waals surface area contributed by atoms with Crippen molar-refractivity contribution >= 4 is 21.6 Å². The molecule has 0 saturated heterocycles. The van der Waals surface area contributed by atoms with Crippen molar-refractivity contribution in [2.75, 3.05) is 6.61 Å². The highest BCUT2D eigenvalue weighted by Gasteiger charge is 2.11. The van der Waals surface area contributed by atoms with Gasteiger partial charge in [-0.25, -0.2) is 4.98 Å². The third kappa shape index (κ3) is 3.22. The van der Waals surface area contributed by atoms with E-state index in [1.807, 2.05) is 26.0 Å². The molecular weight excluding hydrogens is 320 g/mol. The van der Waals surface area contributed by atoms with Crippen LogP contribution in [0.4, 0.5) is 0 Å². The zero-order valence-corrected chi connectivity index (χ0v) is 15.4. The molecule has 4 nitrogen and oxygen atoms in total. The lowest BCUT2D eigenvalue weighted by Gasteiger charge is -2.09. The van der Waals surface area contributed by atoms with Gasteiger partial charge in [0.25, 0.3) is 5.56 Å². The lowest BCUT2D eigenvalue weighted by Crippen LogP contribution is -2.21. The van der Waals surface area contributed by atoms with Crippen LogP contribution in [0.2, 0.25) is 0 Å². The number of aromatic nitrogens is 2. The summed E-state index contributed by atoms with van der Waals surface area (Å²) < 4.78 is 7.47. The summed E-state index contributed by atoms with van der Waals surface area (Å²) in [6.07, 6.45) is 2.41. The molecule has 0 aliphatic rings. The molecule has 0 fully saturated rings. The van der Waals surface area contributed by atoms with Crippen LogP contribution >= 0.6 is 11.3 Å². The van der Waals surface area contributed by atoms with E-state index >= 15 is 0 Å². The van der Waals surface area contributed by atoms with Crippen molar-refractivity contribution in [3.05, 3.63) is 56.4 Å². The van der Waals surface area contributed by atoms with E-state index in [0.29, 0.717) is 13.2 Å². The lowest BCUT2D eigenvalue weighted by molar-refractivity contribution is 0.300. The van der Waals surface area contributed by atoms with E-state index in [4.69, 9.17) is 4.74 Å². The van der Waals surface area contributed by atoms with Crippen molar-refractivity contribution in [3.63, 3.8) is 0 Å². The predicted octanol–water partition coefficient (Wildman–Crippen LogP) is 4.16. The maximum Gasteiger partial charge on any atom is 0.262 e. The molecule has 0 aliphatic carbocycles. The van der Waals surface area contributed by atoms with Gasteiger partial charge in [0, 0.05) is 11.4 Å². The second-order valence-electron chi connectivity index (χ2n) is 6.15. The van der Waals surface area contributed by atoms with Crippen molar-refractivity contribution in [1.82, 2.24) is 9.55 Å². The monoisotopic (exact) mass is 342 g/mol. The first-order valence-corrected chi connectivity index (χ1v) is 8.94. The van der Waals surface area contributed by atoms with E-state index in [1.54, 1.807) is 22.2 Å². The fourth-order valence-corrected chi connectivity index (χ4v) is 3.65. The topological polar surface area (TPSA) is 44.1 Å². The van der Waals surface area contributed by atoms with Crippen LogP contribution in [0.25, 0.3) is 10.2 Å². The van der Waals surface area contributed by atoms with E-state index in [-0.39, 0.29) is 5.56 Å². The highest BCUT2D eigenvalue weighted by molar-refractivity contribution is 7.18. The van der Waals surface area contributed by atoms with Crippen LogP contribution in [0, 0.1) is 27.7 Å². The smallest absolute Gasteiger partial charge is 0.262 e. The van der Waals surface area contributed by atoms with Crippen molar-refractivity contribution in [2.45, 2.75) is 40.7 Å². The van der Waals surface area contributed by atoms with Gasteiger partial charge in [-0.05, 0) is 62.9 Å². The molecule has 3 rings (SSSR count). The molecule has 2 aromatic heterocycles. The van der Waals surface area contributed by atoms with Gasteiger partial charge in [-0.3, -0.25) is 9.36 Å². The number of ether oxygens (including phenoxy) is 1. The molecule has 0 saturated carbocycles. The Morgan fingerprint density at radius 2 is 1.96 bits per heavy atom. The maximum atomic E-state index is 12.6. The Morgan fingerprint density at radius 3 is 2.71 bits per heavy atom. The largest absolute Gasteiger partial charge is 0.494 e. The quantitative estimate of drug-likeness (QED) is 0.654. The second kappa shape index (κ2) is 6.77. The third-order valence-corrected chi connectivity index (χ3v) is 5.56. The van der Waals surface area contributed by atoms with Crippen LogP contribution in [0.1, 0.15) is 28.0 Å². The van der Waals surface area contributed by atoms with Gasteiger partial charge < -0.3 is 4.74 Å². The van der Waals surface area contributed by atoms with Gasteiger partial charge in [0.2, 0.25) is 0 Å². The highest BCUT2D eigenvalue weighted by atomic mass is 32.1. The Balaban J connectivity index is 1.65. The summed E-state index contributed by atoms with van der Waals surface area (Å²) >= 11 is 1.58. The molecule has 126 valence electrons. The summed E-state index contributed by atoms with van der Waals surface area (Å²) in [4.78, 5) is 19.0. The highest BCUT2D eigenvalue weighted by Crippen LogP contribution is 2.25. The van der Waals surface area contributed by atoms with E-state index in [0.717, 1.165) is 32.8 Å². The molecule has 3 aromatic rings. The lowest BCUT2D eigenvalue weighted by atomic mass is 10.1. The maximum absolute atomic E-state index is 12.6. The van der Waals surface area contributed by atoms with Gasteiger partial charge in [-0.2, -0.15) is 0 Å². The van der Waals surface area contributed by atoms with Crippen molar-refractivity contribution in [3.8, 4) is 5.75 Å². The fraction of sp³-hybridized carbons (Fsp3) is 0.368. The zero-order valence-electron chi connectivity index (χ0n) is 14.5. The van der Waals surface area contributed by atoms with Gasteiger partial charge in [-0.15, -0.1) is 11.3 Å². The standard InChI is InChI=1S/C19H22N2O2S/c1-12-6-7-16(10-13(12)2)23-9-5-8-21-11-20-18-17(19(21)22)14(3)15(4)24-18/h6-7,10-11H,5,8-9H2,1-4H3. The molecule has 0 unspecified atom stereocenters. The fourth-order valence-electron chi connectivity index (χ4n) is 2.66. The average molecular weight is 342 g/mol. The predicted molar refractivity (Wildman–Crippen MR) is 99.4 cm³/mol. The van der Waals surface area contributed by atoms with E-state index < -0.39 is 0 Å². The van der Waals surface area contributed by atoms with E-state index in [9.17, 15) is 4.79 Å². The van der Waals surface area contributed by atoms with Gasteiger partial charge in [0.05, 0.1) is 18.3 Å². The van der Waals surface area contributed by atoms with Gasteiger partial charge >= 0.3 is 0 Å². The van der Waals surface area contributed by atoms with Crippen molar-refractivity contribution in [2.24, 2.45) is 0 Å². The minimum atomic E-state index is 0.0491. The summed E-state index contributed by atoms with van der Waals surface area (Å²) in [5.74, 6) is 0.878. The summed E-state index contributed by atoms with van der Waals surface area (Å²) in [5, 5.41) is 0.759.